The highest BCUT2D eigenvalue weighted by molar-refractivity contribution is 5.96. The van der Waals surface area contributed by atoms with Crippen molar-refractivity contribution in [2.45, 2.75) is 57.2 Å². The Hall–Kier alpha value is -3.27. The van der Waals surface area contributed by atoms with Crippen LogP contribution in [0.15, 0.2) is 30.3 Å². The van der Waals surface area contributed by atoms with Gasteiger partial charge < -0.3 is 4.90 Å². The number of likely N-dealkylation sites (tertiary alicyclic amines) is 1. The maximum Gasteiger partial charge on any atom is 0.433 e. The van der Waals surface area contributed by atoms with Gasteiger partial charge in [-0.15, -0.1) is 0 Å². The third-order valence-electron chi connectivity index (χ3n) is 7.75. The number of aromatic nitrogens is 3. The van der Waals surface area contributed by atoms with Gasteiger partial charge in [0.25, 0.3) is 0 Å². The Morgan fingerprint density at radius 3 is 2.59 bits per heavy atom. The summed E-state index contributed by atoms with van der Waals surface area (Å²) in [6, 6.07) is 8.70. The van der Waals surface area contributed by atoms with Crippen molar-refractivity contribution in [2.75, 3.05) is 20.1 Å². The van der Waals surface area contributed by atoms with Crippen LogP contribution >= 0.6 is 0 Å². The van der Waals surface area contributed by atoms with E-state index in [2.05, 4.69) is 20.1 Å². The van der Waals surface area contributed by atoms with Crippen LogP contribution in [0.2, 0.25) is 0 Å². The van der Waals surface area contributed by atoms with Gasteiger partial charge in [0.2, 0.25) is 0 Å². The summed E-state index contributed by atoms with van der Waals surface area (Å²) in [6.45, 7) is 2.04. The summed E-state index contributed by atoms with van der Waals surface area (Å²) in [7, 11) is 1.70. The first kappa shape index (κ1) is 25.4. The molecule has 1 aliphatic heterocycles. The molecule has 1 saturated heterocycles. The van der Waals surface area contributed by atoms with E-state index in [9.17, 15) is 13.2 Å². The molecule has 1 unspecified atom stereocenters. The monoisotopic (exact) mass is 511 g/mol. The molecule has 196 valence electrons. The summed E-state index contributed by atoms with van der Waals surface area (Å²) in [5.41, 5.74) is 2.04. The first-order valence-corrected chi connectivity index (χ1v) is 12.9. The lowest BCUT2D eigenvalue weighted by molar-refractivity contribution is -0.141. The molecule has 0 bridgehead atoms. The molecule has 0 spiro atoms. The van der Waals surface area contributed by atoms with Crippen molar-refractivity contribution < 1.29 is 13.2 Å². The molecule has 2 aromatic heterocycles. The van der Waals surface area contributed by atoms with E-state index in [-0.39, 0.29) is 5.92 Å². The van der Waals surface area contributed by atoms with Gasteiger partial charge in [0, 0.05) is 30.5 Å². The quantitative estimate of drug-likeness (QED) is 0.267. The standard InChI is InChI=1S/C27H32F3N7/c1-36(16-31)26(32)23(17-7-5-8-17)18-9-6-10-19(13-18)24-20-14-22(27(28,29)30)33-21(25(20)35-34-24)15-37-11-3-2-4-12-37/h6,9-10,13-14,16-17,23,31-32H,2-5,7-8,11-12,15H2,1H3,(H,34,35). The Bertz CT molecular complexity index is 1290. The Morgan fingerprint density at radius 2 is 1.95 bits per heavy atom. The number of H-pyrrole nitrogens is 1. The zero-order chi connectivity index (χ0) is 26.2. The minimum Gasteiger partial charge on any atom is -0.324 e. The predicted octanol–water partition coefficient (Wildman–Crippen LogP) is 6.03. The van der Waals surface area contributed by atoms with Crippen molar-refractivity contribution in [3.63, 3.8) is 0 Å². The molecule has 0 amide bonds. The highest BCUT2D eigenvalue weighted by Crippen LogP contribution is 2.42. The fraction of sp³-hybridized carbons (Fsp3) is 0.481. The molecule has 0 radical (unpaired) electrons. The van der Waals surface area contributed by atoms with Gasteiger partial charge in [-0.1, -0.05) is 31.0 Å². The second-order valence-corrected chi connectivity index (χ2v) is 10.2. The van der Waals surface area contributed by atoms with E-state index in [4.69, 9.17) is 10.8 Å². The van der Waals surface area contributed by atoms with E-state index < -0.39 is 11.9 Å². The van der Waals surface area contributed by atoms with Gasteiger partial charge in [-0.25, -0.2) is 4.98 Å². The van der Waals surface area contributed by atoms with E-state index in [1.54, 1.807) is 7.05 Å². The van der Waals surface area contributed by atoms with E-state index in [1.807, 2.05) is 24.3 Å². The first-order valence-electron chi connectivity index (χ1n) is 12.9. The molecule has 3 aromatic rings. The summed E-state index contributed by atoms with van der Waals surface area (Å²) >= 11 is 0. The summed E-state index contributed by atoms with van der Waals surface area (Å²) in [5.74, 6) is 0.460. The summed E-state index contributed by atoms with van der Waals surface area (Å²) < 4.78 is 41.6. The van der Waals surface area contributed by atoms with E-state index >= 15 is 0 Å². The SMILES string of the molecule is CN(C=N)C(=N)C(c1cccc(-c2n[nH]c3c(CN4CCCCC4)nc(C(F)(F)F)cc23)c1)C1CCC1. The van der Waals surface area contributed by atoms with Crippen molar-refractivity contribution in [1.82, 2.24) is 25.0 Å². The highest BCUT2D eigenvalue weighted by Gasteiger charge is 2.35. The minimum atomic E-state index is -4.57. The third kappa shape index (κ3) is 5.12. The Labute approximate surface area is 214 Å². The van der Waals surface area contributed by atoms with Crippen LogP contribution in [0.1, 0.15) is 61.4 Å². The number of hydrogen-bond acceptors (Lipinski definition) is 5. The Kier molecular flexibility index (Phi) is 7.02. The number of halogens is 3. The topological polar surface area (TPSA) is 95.8 Å². The van der Waals surface area contributed by atoms with E-state index in [1.165, 1.54) is 4.90 Å². The predicted molar refractivity (Wildman–Crippen MR) is 138 cm³/mol. The lowest BCUT2D eigenvalue weighted by atomic mass is 9.72. The average molecular weight is 512 g/mol. The molecule has 10 heteroatoms. The van der Waals surface area contributed by atoms with Crippen LogP contribution in [0.4, 0.5) is 13.2 Å². The second-order valence-electron chi connectivity index (χ2n) is 10.2. The molecular formula is C27H32F3N7. The molecule has 1 saturated carbocycles. The van der Waals surface area contributed by atoms with Crippen molar-refractivity contribution in [3.05, 3.63) is 47.3 Å². The average Bonchev–Trinajstić information content (AvgIpc) is 3.30. The summed E-state index contributed by atoms with van der Waals surface area (Å²) in [5, 5.41) is 24.1. The van der Waals surface area contributed by atoms with Crippen LogP contribution in [0.3, 0.4) is 0 Å². The van der Waals surface area contributed by atoms with Crippen LogP contribution < -0.4 is 0 Å². The molecular weight excluding hydrogens is 479 g/mol. The van der Waals surface area contributed by atoms with Crippen molar-refractivity contribution in [2.24, 2.45) is 5.92 Å². The van der Waals surface area contributed by atoms with Crippen molar-refractivity contribution >= 4 is 23.1 Å². The zero-order valence-corrected chi connectivity index (χ0v) is 20.9. The van der Waals surface area contributed by atoms with Gasteiger partial charge in [0.15, 0.2) is 0 Å². The molecule has 5 rings (SSSR count). The molecule has 1 aliphatic carbocycles. The number of nitrogens with one attached hydrogen (secondary N) is 3. The minimum absolute atomic E-state index is 0.187. The van der Waals surface area contributed by atoms with Gasteiger partial charge in [0.1, 0.15) is 17.2 Å². The fourth-order valence-corrected chi connectivity index (χ4v) is 5.49. The smallest absolute Gasteiger partial charge is 0.324 e. The van der Waals surface area contributed by atoms with Crippen molar-refractivity contribution in [1.29, 1.82) is 10.8 Å². The Balaban J connectivity index is 1.57. The molecule has 3 heterocycles. The van der Waals surface area contributed by atoms with Gasteiger partial charge in [-0.05, 0) is 62.4 Å². The van der Waals surface area contributed by atoms with Gasteiger partial charge in [-0.3, -0.25) is 20.8 Å². The van der Waals surface area contributed by atoms with Gasteiger partial charge in [0.05, 0.1) is 17.5 Å². The van der Waals surface area contributed by atoms with Crippen LogP contribution in [0.5, 0.6) is 0 Å². The molecule has 7 nitrogen and oxygen atoms in total. The number of fused-ring (bicyclic) bond motifs is 1. The van der Waals surface area contributed by atoms with E-state index in [0.717, 1.165) is 69.6 Å². The summed E-state index contributed by atoms with van der Waals surface area (Å²) in [4.78, 5) is 7.68. The number of benzene rings is 1. The zero-order valence-electron chi connectivity index (χ0n) is 20.9. The lowest BCUT2D eigenvalue weighted by Crippen LogP contribution is -2.36. The second kappa shape index (κ2) is 10.2. The molecule has 1 aromatic carbocycles. The van der Waals surface area contributed by atoms with Crippen LogP contribution in [-0.4, -0.2) is 57.3 Å². The number of rotatable bonds is 7. The third-order valence-corrected chi connectivity index (χ3v) is 7.75. The molecule has 37 heavy (non-hydrogen) atoms. The van der Waals surface area contributed by atoms with E-state index in [0.29, 0.717) is 46.2 Å². The number of piperidine rings is 1. The summed E-state index contributed by atoms with van der Waals surface area (Å²) in [6.07, 6.45) is 2.91. The fourth-order valence-electron chi connectivity index (χ4n) is 5.49. The normalized spacial score (nSPS) is 17.9. The highest BCUT2D eigenvalue weighted by atomic mass is 19.4. The molecule has 1 atom stereocenters. The van der Waals surface area contributed by atoms with Crippen LogP contribution in [-0.2, 0) is 12.7 Å². The molecule has 2 fully saturated rings. The van der Waals surface area contributed by atoms with Gasteiger partial charge in [-0.2, -0.15) is 18.3 Å². The largest absolute Gasteiger partial charge is 0.433 e. The number of amidine groups is 1. The number of likely N-dealkylation sites (N-methyl/N-ethyl adjacent to an activating group) is 1. The lowest BCUT2D eigenvalue weighted by Gasteiger charge is -2.36. The number of aromatic amines is 1. The van der Waals surface area contributed by atoms with Crippen molar-refractivity contribution in [3.8, 4) is 11.3 Å². The molecule has 2 aliphatic rings. The number of pyridine rings is 1. The Morgan fingerprint density at radius 1 is 1.19 bits per heavy atom. The maximum atomic E-state index is 13.9. The van der Waals surface area contributed by atoms with Crippen LogP contribution in [0.25, 0.3) is 22.2 Å². The number of hydrogen-bond donors (Lipinski definition) is 3. The maximum absolute atomic E-state index is 13.9. The first-order chi connectivity index (χ1) is 17.8. The number of nitrogens with zero attached hydrogens (tertiary/aromatic N) is 4. The van der Waals surface area contributed by atoms with Crippen LogP contribution in [0, 0.1) is 16.7 Å². The number of alkyl halides is 3. The molecule has 3 N–H and O–H groups in total. The van der Waals surface area contributed by atoms with Gasteiger partial charge >= 0.3 is 6.18 Å².